The molecule has 1 aliphatic carbocycles. The maximum Gasteiger partial charge on any atom is 0.191 e. The van der Waals surface area contributed by atoms with Gasteiger partial charge >= 0.3 is 0 Å². The van der Waals surface area contributed by atoms with Crippen LogP contribution < -0.4 is 15.4 Å². The van der Waals surface area contributed by atoms with Gasteiger partial charge in [-0.15, -0.1) is 24.0 Å². The van der Waals surface area contributed by atoms with E-state index in [4.69, 9.17) is 9.47 Å². The van der Waals surface area contributed by atoms with E-state index >= 15 is 0 Å². The molecule has 7 heteroatoms. The van der Waals surface area contributed by atoms with Crippen molar-refractivity contribution < 1.29 is 9.47 Å². The van der Waals surface area contributed by atoms with E-state index in [1.165, 1.54) is 31.2 Å². The molecule has 1 aromatic carbocycles. The number of aliphatic imine (C=N–C) groups is 1. The number of rotatable bonds is 6. The molecule has 1 aliphatic heterocycles. The van der Waals surface area contributed by atoms with Gasteiger partial charge in [0.15, 0.2) is 5.96 Å². The Morgan fingerprint density at radius 1 is 1.22 bits per heavy atom. The van der Waals surface area contributed by atoms with Crippen molar-refractivity contribution in [3.63, 3.8) is 0 Å². The van der Waals surface area contributed by atoms with Crippen LogP contribution in [-0.4, -0.2) is 63.9 Å². The van der Waals surface area contributed by atoms with Crippen LogP contribution in [0, 0.1) is 0 Å². The number of ether oxygens (including phenoxy) is 2. The number of nitrogens with one attached hydrogen (secondary N) is 2. The predicted octanol–water partition coefficient (Wildman–Crippen LogP) is 2.79. The van der Waals surface area contributed by atoms with E-state index in [1.54, 1.807) is 7.11 Å². The van der Waals surface area contributed by atoms with Gasteiger partial charge in [-0.3, -0.25) is 9.89 Å². The Labute approximate surface area is 180 Å². The molecule has 0 radical (unpaired) electrons. The van der Waals surface area contributed by atoms with Crippen molar-refractivity contribution in [3.8, 4) is 5.75 Å². The second kappa shape index (κ2) is 11.7. The Kier molecular flexibility index (Phi) is 9.64. The fourth-order valence-corrected chi connectivity index (χ4v) is 3.82. The van der Waals surface area contributed by atoms with Gasteiger partial charge in [-0.25, -0.2) is 0 Å². The monoisotopic (exact) mass is 488 g/mol. The molecule has 0 aromatic heterocycles. The van der Waals surface area contributed by atoms with Crippen LogP contribution in [0.4, 0.5) is 0 Å². The molecular weight excluding hydrogens is 455 g/mol. The summed E-state index contributed by atoms with van der Waals surface area (Å²) in [7, 11) is 3.55. The topological polar surface area (TPSA) is 58.1 Å². The molecule has 2 aliphatic rings. The summed E-state index contributed by atoms with van der Waals surface area (Å²) in [4.78, 5) is 6.91. The van der Waals surface area contributed by atoms with Crippen LogP contribution in [0.2, 0.25) is 0 Å². The highest BCUT2D eigenvalue weighted by Gasteiger charge is 2.23. The maximum absolute atomic E-state index is 5.54. The molecule has 1 saturated heterocycles. The molecular formula is C20H33IN4O2. The molecule has 27 heavy (non-hydrogen) atoms. The highest BCUT2D eigenvalue weighted by Crippen LogP contribution is 2.24. The van der Waals surface area contributed by atoms with E-state index in [9.17, 15) is 0 Å². The summed E-state index contributed by atoms with van der Waals surface area (Å²) in [5, 5.41) is 7.12. The maximum atomic E-state index is 5.54. The average molecular weight is 488 g/mol. The molecule has 1 aromatic rings. The lowest BCUT2D eigenvalue weighted by molar-refractivity contribution is 0.0170. The van der Waals surface area contributed by atoms with Gasteiger partial charge in [-0.2, -0.15) is 0 Å². The van der Waals surface area contributed by atoms with Crippen LogP contribution in [0.15, 0.2) is 29.3 Å². The highest BCUT2D eigenvalue weighted by molar-refractivity contribution is 14.0. The Balaban J connectivity index is 0.00000261. The number of hydrogen-bond acceptors (Lipinski definition) is 4. The summed E-state index contributed by atoms with van der Waals surface area (Å²) in [6.45, 7) is 4.31. The Morgan fingerprint density at radius 3 is 2.48 bits per heavy atom. The van der Waals surface area contributed by atoms with Gasteiger partial charge in [0.2, 0.25) is 0 Å². The first-order chi connectivity index (χ1) is 12.8. The fraction of sp³-hybridized carbons (Fsp3) is 0.650. The molecule has 3 rings (SSSR count). The molecule has 1 saturated carbocycles. The Bertz CT molecular complexity index is 570. The first-order valence-corrected chi connectivity index (χ1v) is 9.73. The molecule has 152 valence electrons. The van der Waals surface area contributed by atoms with E-state index in [-0.39, 0.29) is 30.0 Å². The van der Waals surface area contributed by atoms with E-state index in [1.807, 2.05) is 19.2 Å². The first kappa shape index (κ1) is 22.2. The minimum atomic E-state index is 0. The number of hydrogen-bond donors (Lipinski definition) is 2. The zero-order valence-corrected chi connectivity index (χ0v) is 18.8. The number of benzene rings is 1. The molecule has 0 spiro atoms. The molecule has 6 nitrogen and oxygen atoms in total. The number of halogens is 1. The van der Waals surface area contributed by atoms with Gasteiger partial charge < -0.3 is 20.1 Å². The smallest absolute Gasteiger partial charge is 0.191 e. The molecule has 1 heterocycles. The van der Waals surface area contributed by atoms with Crippen LogP contribution in [-0.2, 0) is 4.74 Å². The van der Waals surface area contributed by atoms with E-state index in [0.29, 0.717) is 6.04 Å². The molecule has 2 fully saturated rings. The second-order valence-electron chi connectivity index (χ2n) is 7.02. The third-order valence-corrected chi connectivity index (χ3v) is 5.37. The van der Waals surface area contributed by atoms with Gasteiger partial charge in [0.05, 0.1) is 26.4 Å². The van der Waals surface area contributed by atoms with Crippen molar-refractivity contribution >= 4 is 29.9 Å². The van der Waals surface area contributed by atoms with Crippen LogP contribution in [0.5, 0.6) is 5.75 Å². The summed E-state index contributed by atoms with van der Waals surface area (Å²) in [5.41, 5.74) is 1.29. The molecule has 1 unspecified atom stereocenters. The van der Waals surface area contributed by atoms with Crippen LogP contribution in [0.3, 0.4) is 0 Å². The van der Waals surface area contributed by atoms with E-state index in [0.717, 1.165) is 44.6 Å². The summed E-state index contributed by atoms with van der Waals surface area (Å²) >= 11 is 0. The van der Waals surface area contributed by atoms with Gasteiger partial charge in [0.1, 0.15) is 5.75 Å². The van der Waals surface area contributed by atoms with Crippen LogP contribution in [0.1, 0.15) is 37.3 Å². The zero-order chi connectivity index (χ0) is 18.2. The highest BCUT2D eigenvalue weighted by atomic mass is 127. The van der Waals surface area contributed by atoms with Gasteiger partial charge in [0.25, 0.3) is 0 Å². The Hall–Kier alpha value is -1.06. The third-order valence-electron chi connectivity index (χ3n) is 5.37. The van der Waals surface area contributed by atoms with Gasteiger partial charge in [-0.05, 0) is 30.5 Å². The normalized spacial score (nSPS) is 20.0. The Morgan fingerprint density at radius 2 is 1.89 bits per heavy atom. The van der Waals surface area contributed by atoms with E-state index in [2.05, 4.69) is 32.7 Å². The van der Waals surface area contributed by atoms with Crippen LogP contribution >= 0.6 is 24.0 Å². The largest absolute Gasteiger partial charge is 0.497 e. The fourth-order valence-electron chi connectivity index (χ4n) is 3.82. The lowest BCUT2D eigenvalue weighted by atomic mass is 10.0. The number of methoxy groups -OCH3 is 1. The average Bonchev–Trinajstić information content (AvgIpc) is 3.21. The summed E-state index contributed by atoms with van der Waals surface area (Å²) < 4.78 is 10.8. The van der Waals surface area contributed by atoms with Crippen molar-refractivity contribution in [3.05, 3.63) is 29.8 Å². The molecule has 0 amide bonds. The van der Waals surface area contributed by atoms with Crippen LogP contribution in [0.25, 0.3) is 0 Å². The number of guanidine groups is 1. The van der Waals surface area contributed by atoms with Crippen molar-refractivity contribution in [1.82, 2.24) is 15.5 Å². The predicted molar refractivity (Wildman–Crippen MR) is 120 cm³/mol. The van der Waals surface area contributed by atoms with Gasteiger partial charge in [0, 0.05) is 32.7 Å². The quantitative estimate of drug-likeness (QED) is 0.367. The number of morpholine rings is 1. The molecule has 0 bridgehead atoms. The lowest BCUT2D eigenvalue weighted by Crippen LogP contribution is -2.48. The van der Waals surface area contributed by atoms with Gasteiger partial charge in [-0.1, -0.05) is 25.0 Å². The minimum absolute atomic E-state index is 0. The van der Waals surface area contributed by atoms with Crippen molar-refractivity contribution in [2.45, 2.75) is 37.8 Å². The second-order valence-corrected chi connectivity index (χ2v) is 7.02. The number of nitrogens with zero attached hydrogens (tertiary/aromatic N) is 2. The summed E-state index contributed by atoms with van der Waals surface area (Å²) in [6, 6.07) is 9.24. The van der Waals surface area contributed by atoms with Crippen molar-refractivity contribution in [1.29, 1.82) is 0 Å². The summed E-state index contributed by atoms with van der Waals surface area (Å²) in [6.07, 6.45) is 5.12. The summed E-state index contributed by atoms with van der Waals surface area (Å²) in [5.74, 6) is 1.80. The molecule has 1 atom stereocenters. The lowest BCUT2D eigenvalue weighted by Gasteiger charge is -2.35. The SMILES string of the molecule is CN=C(NCC(c1ccc(OC)cc1)N1CCOCC1)NC1CCCC1.I. The van der Waals surface area contributed by atoms with Crippen molar-refractivity contribution in [2.24, 2.45) is 4.99 Å². The van der Waals surface area contributed by atoms with E-state index < -0.39 is 0 Å². The standard InChI is InChI=1S/C20H32N4O2.HI/c1-21-20(23-17-5-3-4-6-17)22-15-19(24-11-13-26-14-12-24)16-7-9-18(25-2)10-8-16;/h7-10,17,19H,3-6,11-15H2,1-2H3,(H2,21,22,23);1H. The zero-order valence-electron chi connectivity index (χ0n) is 16.4. The first-order valence-electron chi connectivity index (χ1n) is 9.73. The van der Waals surface area contributed by atoms with Crippen molar-refractivity contribution in [2.75, 3.05) is 47.0 Å². The molecule has 2 N–H and O–H groups in total. The minimum Gasteiger partial charge on any atom is -0.497 e. The third kappa shape index (κ3) is 6.50.